The molecule has 0 bridgehead atoms. The zero-order valence-corrected chi connectivity index (χ0v) is 6.34. The average molecular weight is 167 g/mol. The Balaban J connectivity index is 2.82. The van der Waals surface area contributed by atoms with Crippen LogP contribution in [0.3, 0.4) is 0 Å². The number of carbonyl (C=O) groups is 1. The number of primary amides is 1. The minimum absolute atomic E-state index is 0.0323. The van der Waals surface area contributed by atoms with Crippen LogP contribution in [0, 0.1) is 0 Å². The summed E-state index contributed by atoms with van der Waals surface area (Å²) in [5.41, 5.74) is 4.88. The van der Waals surface area contributed by atoms with Crippen molar-refractivity contribution in [3.05, 3.63) is 29.9 Å². The fourth-order valence-corrected chi connectivity index (χ4v) is 0.685. The number of rotatable bonds is 2. The summed E-state index contributed by atoms with van der Waals surface area (Å²) in [6.45, 7) is -0.0323. The smallest absolute Gasteiger partial charge is 0.239 e. The third-order valence-electron chi connectivity index (χ3n) is 1.21. The summed E-state index contributed by atoms with van der Waals surface area (Å²) in [6.07, 6.45) is 2.83. The number of hydrogen-bond donors (Lipinski definition) is 2. The van der Waals surface area contributed by atoms with Crippen molar-refractivity contribution in [2.75, 3.05) is 6.54 Å². The van der Waals surface area contributed by atoms with Crippen LogP contribution in [0.5, 0.6) is 0 Å². The third kappa shape index (κ3) is 2.45. The topological polar surface area (TPSA) is 80.6 Å². The second-order valence-electron chi connectivity index (χ2n) is 2.22. The van der Waals surface area contributed by atoms with Gasteiger partial charge in [0.1, 0.15) is 6.54 Å². The van der Waals surface area contributed by atoms with Gasteiger partial charge in [0.2, 0.25) is 5.91 Å². The summed E-state index contributed by atoms with van der Waals surface area (Å²) in [5.74, 6) is -0.476. The van der Waals surface area contributed by atoms with Gasteiger partial charge in [0, 0.05) is 12.4 Å². The number of nitrogens with two attached hydrogens (primary N) is 1. The summed E-state index contributed by atoms with van der Waals surface area (Å²) in [5, 5.41) is 9.43. The summed E-state index contributed by atoms with van der Waals surface area (Å²) < 4.78 is 0.892. The monoisotopic (exact) mass is 167 g/mol. The largest absolute Gasteiger partial charge is 0.429 e. The molecule has 1 aromatic heterocycles. The van der Waals surface area contributed by atoms with E-state index >= 15 is 0 Å². The molecule has 0 fully saturated rings. The van der Waals surface area contributed by atoms with Gasteiger partial charge in [-0.05, 0) is 12.1 Å². The van der Waals surface area contributed by atoms with E-state index in [1.807, 2.05) is 0 Å². The molecule has 0 aromatic carbocycles. The first-order valence-electron chi connectivity index (χ1n) is 3.35. The highest BCUT2D eigenvalue weighted by Gasteiger charge is 1.87. The molecule has 0 aliphatic heterocycles. The standard InChI is InChI=1S/C7H9N3O2/c8-7(11)5-9-6-1-3-10(12)4-2-6/h1-4,12H,5H2,(H2,8,11). The molecule has 64 valence electrons. The van der Waals surface area contributed by atoms with E-state index in [9.17, 15) is 4.79 Å². The Morgan fingerprint density at radius 2 is 2.17 bits per heavy atom. The zero-order chi connectivity index (χ0) is 8.97. The highest BCUT2D eigenvalue weighted by molar-refractivity contribution is 5.75. The van der Waals surface area contributed by atoms with Crippen LogP contribution in [0.2, 0.25) is 0 Å². The summed E-state index contributed by atoms with van der Waals surface area (Å²) in [7, 11) is 0. The fraction of sp³-hybridized carbons (Fsp3) is 0.143. The van der Waals surface area contributed by atoms with Gasteiger partial charge in [-0.3, -0.25) is 9.79 Å². The maximum atomic E-state index is 10.3. The lowest BCUT2D eigenvalue weighted by Crippen LogP contribution is -2.16. The first-order valence-corrected chi connectivity index (χ1v) is 3.35. The van der Waals surface area contributed by atoms with Crippen LogP contribution in [0.4, 0.5) is 0 Å². The molecular weight excluding hydrogens is 158 g/mol. The van der Waals surface area contributed by atoms with Crippen molar-refractivity contribution in [1.29, 1.82) is 0 Å². The van der Waals surface area contributed by atoms with Crippen molar-refractivity contribution < 1.29 is 10.0 Å². The van der Waals surface area contributed by atoms with Gasteiger partial charge < -0.3 is 10.9 Å². The molecule has 0 unspecified atom stereocenters. The molecule has 0 aliphatic rings. The Labute approximate surface area is 68.7 Å². The quantitative estimate of drug-likeness (QED) is 0.560. The third-order valence-corrected chi connectivity index (χ3v) is 1.21. The van der Waals surface area contributed by atoms with Crippen molar-refractivity contribution in [3.8, 4) is 0 Å². The lowest BCUT2D eigenvalue weighted by atomic mass is 10.4. The van der Waals surface area contributed by atoms with E-state index in [0.717, 1.165) is 4.73 Å². The molecule has 5 nitrogen and oxygen atoms in total. The molecule has 1 rings (SSSR count). The molecule has 0 saturated heterocycles. The molecule has 1 aromatic rings. The van der Waals surface area contributed by atoms with Crippen molar-refractivity contribution >= 4 is 5.91 Å². The summed E-state index contributed by atoms with van der Waals surface area (Å²) in [4.78, 5) is 14.2. The predicted octanol–water partition coefficient (Wildman–Crippen LogP) is -0.889. The van der Waals surface area contributed by atoms with Crippen molar-refractivity contribution in [2.45, 2.75) is 0 Å². The molecule has 0 saturated carbocycles. The van der Waals surface area contributed by atoms with Crippen LogP contribution in [0.15, 0.2) is 29.5 Å². The minimum Gasteiger partial charge on any atom is -0.429 e. The molecule has 0 atom stereocenters. The lowest BCUT2D eigenvalue weighted by Gasteiger charge is -1.92. The fourth-order valence-electron chi connectivity index (χ4n) is 0.685. The molecule has 0 aliphatic carbocycles. The summed E-state index contributed by atoms with van der Waals surface area (Å²) in [6, 6.07) is 3.14. The van der Waals surface area contributed by atoms with Gasteiger partial charge in [0.15, 0.2) is 0 Å². The Hall–Kier alpha value is -1.78. The second kappa shape index (κ2) is 3.56. The summed E-state index contributed by atoms with van der Waals surface area (Å²) >= 11 is 0. The minimum atomic E-state index is -0.476. The highest BCUT2D eigenvalue weighted by Crippen LogP contribution is 1.76. The number of amides is 1. The number of hydrogen-bond acceptors (Lipinski definition) is 3. The van der Waals surface area contributed by atoms with Crippen molar-refractivity contribution in [1.82, 2.24) is 4.73 Å². The van der Waals surface area contributed by atoms with Gasteiger partial charge in [0.05, 0.1) is 5.36 Å². The molecule has 12 heavy (non-hydrogen) atoms. The van der Waals surface area contributed by atoms with Crippen LogP contribution in [0.1, 0.15) is 0 Å². The van der Waals surface area contributed by atoms with Gasteiger partial charge in [-0.25, -0.2) is 4.73 Å². The Morgan fingerprint density at radius 3 is 2.67 bits per heavy atom. The van der Waals surface area contributed by atoms with Crippen LogP contribution in [0.25, 0.3) is 0 Å². The van der Waals surface area contributed by atoms with Crippen molar-refractivity contribution in [2.24, 2.45) is 10.7 Å². The van der Waals surface area contributed by atoms with Crippen molar-refractivity contribution in [3.63, 3.8) is 0 Å². The lowest BCUT2D eigenvalue weighted by molar-refractivity contribution is -0.116. The molecular formula is C7H9N3O2. The van der Waals surface area contributed by atoms with Crippen LogP contribution in [-0.2, 0) is 4.79 Å². The van der Waals surface area contributed by atoms with Gasteiger partial charge in [-0.15, -0.1) is 0 Å². The van der Waals surface area contributed by atoms with E-state index in [-0.39, 0.29) is 6.54 Å². The number of pyridine rings is 1. The van der Waals surface area contributed by atoms with E-state index in [1.54, 1.807) is 12.1 Å². The molecule has 0 radical (unpaired) electrons. The predicted molar refractivity (Wildman–Crippen MR) is 41.2 cm³/mol. The van der Waals surface area contributed by atoms with Gasteiger partial charge >= 0.3 is 0 Å². The van der Waals surface area contributed by atoms with Crippen LogP contribution >= 0.6 is 0 Å². The second-order valence-corrected chi connectivity index (χ2v) is 2.22. The molecule has 1 heterocycles. The maximum absolute atomic E-state index is 10.3. The van der Waals surface area contributed by atoms with Crippen LogP contribution < -0.4 is 11.1 Å². The Kier molecular flexibility index (Phi) is 2.47. The number of aromatic nitrogens is 1. The number of nitrogens with zero attached hydrogens (tertiary/aromatic N) is 2. The Bertz CT molecular complexity index is 322. The maximum Gasteiger partial charge on any atom is 0.239 e. The zero-order valence-electron chi connectivity index (χ0n) is 6.34. The van der Waals surface area contributed by atoms with E-state index in [4.69, 9.17) is 10.9 Å². The SMILES string of the molecule is NC(=O)CN=c1ccn(O)cc1. The average Bonchev–Trinajstić information content (AvgIpc) is 2.03. The molecule has 3 N–H and O–H groups in total. The normalized spacial score (nSPS) is 9.33. The van der Waals surface area contributed by atoms with Gasteiger partial charge in [-0.1, -0.05) is 0 Å². The first-order chi connectivity index (χ1) is 5.68. The van der Waals surface area contributed by atoms with E-state index in [0.29, 0.717) is 5.36 Å². The van der Waals surface area contributed by atoms with E-state index < -0.39 is 5.91 Å². The van der Waals surface area contributed by atoms with Gasteiger partial charge in [0.25, 0.3) is 0 Å². The van der Waals surface area contributed by atoms with E-state index in [1.165, 1.54) is 12.4 Å². The van der Waals surface area contributed by atoms with Gasteiger partial charge in [-0.2, -0.15) is 0 Å². The van der Waals surface area contributed by atoms with E-state index in [2.05, 4.69) is 4.99 Å². The molecule has 1 amide bonds. The Morgan fingerprint density at radius 1 is 1.58 bits per heavy atom. The van der Waals surface area contributed by atoms with Crippen LogP contribution in [-0.4, -0.2) is 22.4 Å². The number of carbonyl (C=O) groups excluding carboxylic acids is 1. The molecule has 5 heteroatoms. The first kappa shape index (κ1) is 8.32. The molecule has 0 spiro atoms. The highest BCUT2D eigenvalue weighted by atomic mass is 16.5.